The summed E-state index contributed by atoms with van der Waals surface area (Å²) in [5.41, 5.74) is 4.74. The van der Waals surface area contributed by atoms with Crippen molar-refractivity contribution in [3.63, 3.8) is 0 Å². The molecule has 0 aliphatic heterocycles. The van der Waals surface area contributed by atoms with Gasteiger partial charge < -0.3 is 20.5 Å². The van der Waals surface area contributed by atoms with Gasteiger partial charge in [-0.3, -0.25) is 9.59 Å². The van der Waals surface area contributed by atoms with Crippen LogP contribution >= 0.6 is 0 Å². The van der Waals surface area contributed by atoms with Gasteiger partial charge in [0.2, 0.25) is 5.91 Å². The van der Waals surface area contributed by atoms with E-state index in [4.69, 9.17) is 9.84 Å². The molecule has 0 saturated heterocycles. The minimum atomic E-state index is -0.785. The average molecular weight is 463 g/mol. The van der Waals surface area contributed by atoms with E-state index in [1.165, 1.54) is 22.3 Å². The van der Waals surface area contributed by atoms with Crippen LogP contribution in [0.5, 0.6) is 0 Å². The summed E-state index contributed by atoms with van der Waals surface area (Å²) in [5.74, 6) is -0.720. The maximum atomic E-state index is 12.6. The zero-order chi connectivity index (χ0) is 23.7. The number of carbonyl (C=O) groups excluding carboxylic acids is 2. The van der Waals surface area contributed by atoms with Gasteiger partial charge in [0.05, 0.1) is 0 Å². The molecule has 3 aliphatic carbocycles. The van der Waals surface area contributed by atoms with Gasteiger partial charge in [-0.05, 0) is 60.3 Å². The lowest BCUT2D eigenvalue weighted by Gasteiger charge is -2.35. The molecular weight excluding hydrogens is 432 g/mol. The Morgan fingerprint density at radius 2 is 1.50 bits per heavy atom. The minimum absolute atomic E-state index is 0.00983. The number of aliphatic carboxylic acids is 1. The number of hydrogen-bond acceptors (Lipinski definition) is 4. The number of hydrogen-bond donors (Lipinski definition) is 3. The summed E-state index contributed by atoms with van der Waals surface area (Å²) < 4.78 is 5.63. The third-order valence-corrected chi connectivity index (χ3v) is 7.51. The van der Waals surface area contributed by atoms with Crippen molar-refractivity contribution in [2.45, 2.75) is 56.5 Å². The summed E-state index contributed by atoms with van der Waals surface area (Å²) in [7, 11) is 0. The number of alkyl carbamates (subject to hydrolysis) is 1. The monoisotopic (exact) mass is 462 g/mol. The van der Waals surface area contributed by atoms with E-state index in [1.807, 2.05) is 24.3 Å². The number of nitrogens with one attached hydrogen (secondary N) is 2. The third-order valence-electron chi connectivity index (χ3n) is 7.51. The first kappa shape index (κ1) is 22.4. The summed E-state index contributed by atoms with van der Waals surface area (Å²) in [5, 5.41) is 14.8. The largest absolute Gasteiger partial charge is 0.481 e. The lowest BCUT2D eigenvalue weighted by Crippen LogP contribution is -2.46. The van der Waals surface area contributed by atoms with Crippen LogP contribution in [-0.2, 0) is 14.3 Å². The molecule has 2 atom stereocenters. The molecule has 0 bridgehead atoms. The zero-order valence-corrected chi connectivity index (χ0v) is 19.0. The Hall–Kier alpha value is -3.35. The standard InChI is InChI=1S/C27H30N2O5/c30-25(31)13-16-11-19(12-16)28-26(32)17-9-10-18(14-17)29-27(33)34-15-24-22-7-3-1-5-20(22)21-6-2-4-8-23(21)24/h1-8,16-19,24H,9-15H2,(H,28,32)(H,29,33)(H,30,31)/t16?,17-,18+,19?/m0/s1. The maximum Gasteiger partial charge on any atom is 0.407 e. The van der Waals surface area contributed by atoms with Crippen molar-refractivity contribution < 1.29 is 24.2 Å². The molecule has 0 aromatic heterocycles. The van der Waals surface area contributed by atoms with Crippen LogP contribution in [0.15, 0.2) is 48.5 Å². The number of carboxylic acids is 1. The summed E-state index contributed by atoms with van der Waals surface area (Å²) in [4.78, 5) is 35.9. The Kier molecular flexibility index (Phi) is 6.26. The molecular formula is C27H30N2O5. The van der Waals surface area contributed by atoms with Gasteiger partial charge in [-0.25, -0.2) is 4.79 Å². The summed E-state index contributed by atoms with van der Waals surface area (Å²) in [6.07, 6.45) is 3.25. The molecule has 3 aliphatic rings. The highest BCUT2D eigenvalue weighted by Gasteiger charge is 2.36. The molecule has 7 nitrogen and oxygen atoms in total. The van der Waals surface area contributed by atoms with Crippen molar-refractivity contribution in [1.29, 1.82) is 0 Å². The molecule has 2 aromatic rings. The molecule has 2 amide bonds. The number of amides is 2. The van der Waals surface area contributed by atoms with Crippen LogP contribution in [-0.4, -0.2) is 41.8 Å². The second-order valence-corrected chi connectivity index (χ2v) is 9.82. The summed E-state index contributed by atoms with van der Waals surface area (Å²) in [6, 6.07) is 16.5. The van der Waals surface area contributed by atoms with Crippen molar-refractivity contribution in [3.8, 4) is 11.1 Å². The lowest BCUT2D eigenvalue weighted by atomic mass is 9.78. The Bertz CT molecular complexity index is 1050. The van der Waals surface area contributed by atoms with E-state index in [9.17, 15) is 14.4 Å². The molecule has 3 N–H and O–H groups in total. The Balaban J connectivity index is 1.08. The van der Waals surface area contributed by atoms with Crippen LogP contribution in [0.2, 0.25) is 0 Å². The fourth-order valence-electron chi connectivity index (χ4n) is 5.74. The number of fused-ring (bicyclic) bond motifs is 3. The maximum absolute atomic E-state index is 12.6. The molecule has 0 heterocycles. The van der Waals surface area contributed by atoms with E-state index in [0.717, 1.165) is 25.7 Å². The molecule has 178 valence electrons. The van der Waals surface area contributed by atoms with Crippen LogP contribution in [0.25, 0.3) is 11.1 Å². The number of rotatable bonds is 7. The fourth-order valence-corrected chi connectivity index (χ4v) is 5.74. The van der Waals surface area contributed by atoms with Crippen LogP contribution in [0, 0.1) is 11.8 Å². The fraction of sp³-hybridized carbons (Fsp3) is 0.444. The topological polar surface area (TPSA) is 105 Å². The first-order chi connectivity index (χ1) is 16.5. The SMILES string of the molecule is O=C(O)CC1CC(NC(=O)[C@H]2CC[C@@H](NC(=O)OCC3c4ccccc4-c4ccccc43)C2)C1. The normalized spacial score (nSPS) is 25.1. The van der Waals surface area contributed by atoms with Crippen LogP contribution in [0.4, 0.5) is 4.79 Å². The average Bonchev–Trinajstić information content (AvgIpc) is 3.39. The molecule has 0 unspecified atom stereocenters. The Labute approximate surface area is 198 Å². The number of carboxylic acid groups (broad SMARTS) is 1. The van der Waals surface area contributed by atoms with Gasteiger partial charge in [-0.15, -0.1) is 0 Å². The van der Waals surface area contributed by atoms with Crippen molar-refractivity contribution in [1.82, 2.24) is 10.6 Å². The number of benzene rings is 2. The van der Waals surface area contributed by atoms with Gasteiger partial charge in [0.1, 0.15) is 6.61 Å². The summed E-state index contributed by atoms with van der Waals surface area (Å²) in [6.45, 7) is 0.273. The third kappa shape index (κ3) is 4.65. The van der Waals surface area contributed by atoms with E-state index in [-0.39, 0.29) is 48.8 Å². The highest BCUT2D eigenvalue weighted by molar-refractivity contribution is 5.80. The van der Waals surface area contributed by atoms with Gasteiger partial charge in [0.15, 0.2) is 0 Å². The van der Waals surface area contributed by atoms with E-state index < -0.39 is 12.1 Å². The van der Waals surface area contributed by atoms with Gasteiger partial charge >= 0.3 is 12.1 Å². The quantitative estimate of drug-likeness (QED) is 0.576. The highest BCUT2D eigenvalue weighted by atomic mass is 16.5. The smallest absolute Gasteiger partial charge is 0.407 e. The summed E-state index contributed by atoms with van der Waals surface area (Å²) >= 11 is 0. The van der Waals surface area contributed by atoms with E-state index in [1.54, 1.807) is 0 Å². The second kappa shape index (κ2) is 9.49. The molecule has 2 aromatic carbocycles. The zero-order valence-electron chi connectivity index (χ0n) is 19.0. The first-order valence-electron chi connectivity index (χ1n) is 12.1. The first-order valence-corrected chi connectivity index (χ1v) is 12.1. The van der Waals surface area contributed by atoms with Gasteiger partial charge in [-0.2, -0.15) is 0 Å². The number of carbonyl (C=O) groups is 3. The minimum Gasteiger partial charge on any atom is -0.481 e. The predicted molar refractivity (Wildman–Crippen MR) is 126 cm³/mol. The Morgan fingerprint density at radius 3 is 2.15 bits per heavy atom. The Morgan fingerprint density at radius 1 is 0.853 bits per heavy atom. The van der Waals surface area contributed by atoms with Crippen molar-refractivity contribution >= 4 is 18.0 Å². The molecule has 0 radical (unpaired) electrons. The van der Waals surface area contributed by atoms with Crippen molar-refractivity contribution in [2.75, 3.05) is 6.61 Å². The molecule has 7 heteroatoms. The van der Waals surface area contributed by atoms with Crippen molar-refractivity contribution in [3.05, 3.63) is 59.7 Å². The molecule has 2 saturated carbocycles. The van der Waals surface area contributed by atoms with E-state index >= 15 is 0 Å². The van der Waals surface area contributed by atoms with E-state index in [0.29, 0.717) is 6.42 Å². The molecule has 0 spiro atoms. The van der Waals surface area contributed by atoms with Crippen LogP contribution in [0.1, 0.15) is 55.6 Å². The lowest BCUT2D eigenvalue weighted by molar-refractivity contribution is -0.139. The highest BCUT2D eigenvalue weighted by Crippen LogP contribution is 2.44. The molecule has 5 rings (SSSR count). The van der Waals surface area contributed by atoms with Crippen LogP contribution in [0.3, 0.4) is 0 Å². The van der Waals surface area contributed by atoms with Gasteiger partial charge in [-0.1, -0.05) is 48.5 Å². The van der Waals surface area contributed by atoms with Crippen molar-refractivity contribution in [2.24, 2.45) is 11.8 Å². The van der Waals surface area contributed by atoms with Gasteiger partial charge in [0, 0.05) is 30.3 Å². The second-order valence-electron chi connectivity index (χ2n) is 9.82. The molecule has 2 fully saturated rings. The van der Waals surface area contributed by atoms with Gasteiger partial charge in [0.25, 0.3) is 0 Å². The predicted octanol–water partition coefficient (Wildman–Crippen LogP) is 4.06. The number of ether oxygens (including phenoxy) is 1. The van der Waals surface area contributed by atoms with Crippen LogP contribution < -0.4 is 10.6 Å². The van der Waals surface area contributed by atoms with E-state index in [2.05, 4.69) is 34.9 Å². The molecule has 34 heavy (non-hydrogen) atoms.